The lowest BCUT2D eigenvalue weighted by molar-refractivity contribution is -0.143. The summed E-state index contributed by atoms with van der Waals surface area (Å²) in [4.78, 5) is 34.9. The van der Waals surface area contributed by atoms with E-state index in [-0.39, 0.29) is 25.4 Å². The first-order chi connectivity index (χ1) is 9.54. The molecule has 0 aliphatic carbocycles. The molecule has 0 atom stereocenters. The molecule has 1 rings (SSSR count). The Labute approximate surface area is 115 Å². The Morgan fingerprint density at radius 2 is 2.20 bits per heavy atom. The fraction of sp³-hybridized carbons (Fsp3) is 0.308. The zero-order valence-electron chi connectivity index (χ0n) is 10.7. The fourth-order valence-electron chi connectivity index (χ4n) is 1.44. The van der Waals surface area contributed by atoms with E-state index in [1.165, 1.54) is 18.6 Å². The van der Waals surface area contributed by atoms with Crippen molar-refractivity contribution < 1.29 is 23.9 Å². The number of carbonyl (C=O) groups is 3. The maximum absolute atomic E-state index is 11.7. The number of amides is 2. The summed E-state index contributed by atoms with van der Waals surface area (Å²) in [6, 6.07) is 1.49. The number of hydrogen-bond donors (Lipinski definition) is 2. The van der Waals surface area contributed by atoms with Crippen molar-refractivity contribution >= 4 is 17.8 Å². The third kappa shape index (κ3) is 4.86. The predicted molar refractivity (Wildman–Crippen MR) is 68.7 cm³/mol. The molecule has 0 unspecified atom stereocenters. The van der Waals surface area contributed by atoms with Gasteiger partial charge >= 0.3 is 5.97 Å². The molecule has 0 aliphatic heterocycles. The van der Waals surface area contributed by atoms with Crippen LogP contribution in [-0.2, 0) is 9.59 Å². The van der Waals surface area contributed by atoms with Crippen LogP contribution in [-0.4, -0.2) is 47.4 Å². The largest absolute Gasteiger partial charge is 0.480 e. The fourth-order valence-corrected chi connectivity index (χ4v) is 1.44. The van der Waals surface area contributed by atoms with E-state index in [9.17, 15) is 14.4 Å². The lowest BCUT2D eigenvalue weighted by Crippen LogP contribution is -2.38. The van der Waals surface area contributed by atoms with Gasteiger partial charge in [0.05, 0.1) is 18.4 Å². The first-order valence-corrected chi connectivity index (χ1v) is 5.78. The van der Waals surface area contributed by atoms with Crippen LogP contribution in [0.5, 0.6) is 0 Å². The molecule has 0 saturated heterocycles. The maximum atomic E-state index is 11.7. The zero-order valence-corrected chi connectivity index (χ0v) is 10.7. The molecule has 106 valence electrons. The molecule has 0 fully saturated rings. The van der Waals surface area contributed by atoms with E-state index < -0.39 is 18.4 Å². The number of carboxylic acids is 1. The number of aliphatic carboxylic acids is 1. The molecular weight excluding hydrogens is 264 g/mol. The van der Waals surface area contributed by atoms with Gasteiger partial charge in [0.2, 0.25) is 5.91 Å². The molecule has 2 amide bonds. The van der Waals surface area contributed by atoms with Crippen LogP contribution >= 0.6 is 0 Å². The van der Waals surface area contributed by atoms with Crippen LogP contribution in [0.3, 0.4) is 0 Å². The van der Waals surface area contributed by atoms with E-state index >= 15 is 0 Å². The minimum Gasteiger partial charge on any atom is -0.480 e. The van der Waals surface area contributed by atoms with E-state index in [2.05, 4.69) is 11.2 Å². The molecule has 0 saturated carbocycles. The highest BCUT2D eigenvalue weighted by molar-refractivity contribution is 5.94. The summed E-state index contributed by atoms with van der Waals surface area (Å²) in [6.07, 6.45) is 7.68. The second-order valence-electron chi connectivity index (χ2n) is 3.87. The van der Waals surface area contributed by atoms with Crippen LogP contribution in [0.2, 0.25) is 0 Å². The van der Waals surface area contributed by atoms with Crippen LogP contribution in [0.25, 0.3) is 0 Å². The summed E-state index contributed by atoms with van der Waals surface area (Å²) in [5.74, 6) is 0.275. The van der Waals surface area contributed by atoms with Gasteiger partial charge in [0.25, 0.3) is 5.91 Å². The molecule has 1 heterocycles. The van der Waals surface area contributed by atoms with Crippen LogP contribution in [0.1, 0.15) is 16.8 Å². The SMILES string of the molecule is C#CCN(CC(=O)O)C(=O)CCNC(=O)c1ccoc1. The maximum Gasteiger partial charge on any atom is 0.323 e. The number of nitrogens with zero attached hydrogens (tertiary/aromatic N) is 1. The molecule has 2 N–H and O–H groups in total. The van der Waals surface area contributed by atoms with E-state index in [4.69, 9.17) is 15.9 Å². The van der Waals surface area contributed by atoms with Crippen molar-refractivity contribution in [3.8, 4) is 12.3 Å². The topological polar surface area (TPSA) is 99.9 Å². The van der Waals surface area contributed by atoms with Gasteiger partial charge in [-0.3, -0.25) is 14.4 Å². The van der Waals surface area contributed by atoms with Crippen molar-refractivity contribution in [1.82, 2.24) is 10.2 Å². The number of terminal acetylenes is 1. The van der Waals surface area contributed by atoms with Gasteiger partial charge in [0, 0.05) is 13.0 Å². The number of rotatable bonds is 7. The summed E-state index contributed by atoms with van der Waals surface area (Å²) in [5.41, 5.74) is 0.350. The molecule has 1 aromatic rings. The summed E-state index contributed by atoms with van der Waals surface area (Å²) in [6.45, 7) is -0.455. The lowest BCUT2D eigenvalue weighted by Gasteiger charge is -2.17. The minimum absolute atomic E-state index is 0.0292. The van der Waals surface area contributed by atoms with Crippen molar-refractivity contribution in [3.63, 3.8) is 0 Å². The van der Waals surface area contributed by atoms with Crippen molar-refractivity contribution in [2.75, 3.05) is 19.6 Å². The van der Waals surface area contributed by atoms with Gasteiger partial charge in [-0.2, -0.15) is 0 Å². The van der Waals surface area contributed by atoms with Crippen LogP contribution in [0, 0.1) is 12.3 Å². The molecule has 0 spiro atoms. The van der Waals surface area contributed by atoms with Crippen molar-refractivity contribution in [2.45, 2.75) is 6.42 Å². The Morgan fingerprint density at radius 1 is 1.45 bits per heavy atom. The normalized spacial score (nSPS) is 9.55. The van der Waals surface area contributed by atoms with Crippen LogP contribution in [0.15, 0.2) is 23.0 Å². The van der Waals surface area contributed by atoms with Crippen LogP contribution < -0.4 is 5.32 Å². The van der Waals surface area contributed by atoms with Crippen molar-refractivity contribution in [1.29, 1.82) is 0 Å². The zero-order chi connectivity index (χ0) is 15.0. The van der Waals surface area contributed by atoms with E-state index in [1.54, 1.807) is 0 Å². The first kappa shape index (κ1) is 15.3. The Bertz CT molecular complexity index is 515. The molecule has 0 bridgehead atoms. The monoisotopic (exact) mass is 278 g/mol. The molecule has 0 radical (unpaired) electrons. The van der Waals surface area contributed by atoms with Gasteiger partial charge < -0.3 is 19.7 Å². The van der Waals surface area contributed by atoms with Gasteiger partial charge in [0.15, 0.2) is 0 Å². The van der Waals surface area contributed by atoms with E-state index in [1.807, 2.05) is 0 Å². The summed E-state index contributed by atoms with van der Waals surface area (Å²) in [5, 5.41) is 11.2. The summed E-state index contributed by atoms with van der Waals surface area (Å²) in [7, 11) is 0. The highest BCUT2D eigenvalue weighted by atomic mass is 16.4. The van der Waals surface area contributed by atoms with E-state index in [0.29, 0.717) is 5.56 Å². The van der Waals surface area contributed by atoms with Crippen LogP contribution in [0.4, 0.5) is 0 Å². The highest BCUT2D eigenvalue weighted by Crippen LogP contribution is 1.99. The van der Waals surface area contributed by atoms with Gasteiger partial charge in [-0.25, -0.2) is 0 Å². The number of nitrogens with one attached hydrogen (secondary N) is 1. The Balaban J connectivity index is 2.39. The molecule has 20 heavy (non-hydrogen) atoms. The van der Waals surface area contributed by atoms with E-state index in [0.717, 1.165) is 4.90 Å². The molecule has 1 aromatic heterocycles. The van der Waals surface area contributed by atoms with Crippen molar-refractivity contribution in [2.24, 2.45) is 0 Å². The summed E-state index contributed by atoms with van der Waals surface area (Å²) >= 11 is 0. The molecule has 7 heteroatoms. The number of carbonyl (C=O) groups excluding carboxylic acids is 2. The van der Waals surface area contributed by atoms with Gasteiger partial charge in [0.1, 0.15) is 12.8 Å². The quantitative estimate of drug-likeness (QED) is 0.681. The smallest absolute Gasteiger partial charge is 0.323 e. The third-order valence-corrected chi connectivity index (χ3v) is 2.37. The number of hydrogen-bond acceptors (Lipinski definition) is 4. The predicted octanol–water partition coefficient (Wildman–Crippen LogP) is -0.0541. The average Bonchev–Trinajstić information content (AvgIpc) is 2.91. The van der Waals surface area contributed by atoms with Gasteiger partial charge in [-0.1, -0.05) is 5.92 Å². The Hall–Kier alpha value is -2.75. The van der Waals surface area contributed by atoms with Gasteiger partial charge in [-0.15, -0.1) is 6.42 Å². The number of furan rings is 1. The van der Waals surface area contributed by atoms with Gasteiger partial charge in [-0.05, 0) is 6.07 Å². The minimum atomic E-state index is -1.14. The second-order valence-corrected chi connectivity index (χ2v) is 3.87. The van der Waals surface area contributed by atoms with Crippen molar-refractivity contribution in [3.05, 3.63) is 24.2 Å². The first-order valence-electron chi connectivity index (χ1n) is 5.78. The Kier molecular flexibility index (Phi) is 5.84. The summed E-state index contributed by atoms with van der Waals surface area (Å²) < 4.78 is 4.75. The molecule has 0 aliphatic rings. The lowest BCUT2D eigenvalue weighted by atomic mass is 10.3. The molecular formula is C13H14N2O5. The molecule has 0 aromatic carbocycles. The second kappa shape index (κ2) is 7.63. The Morgan fingerprint density at radius 3 is 2.75 bits per heavy atom. The standard InChI is InChI=1S/C13H14N2O5/c1-2-6-15(8-12(17)18)11(16)3-5-14-13(19)10-4-7-20-9-10/h1,4,7,9H,3,5-6,8H2,(H,14,19)(H,17,18). The molecule has 7 nitrogen and oxygen atoms in total. The number of carboxylic acid groups (broad SMARTS) is 1. The third-order valence-electron chi connectivity index (χ3n) is 2.37. The average molecular weight is 278 g/mol. The highest BCUT2D eigenvalue weighted by Gasteiger charge is 2.16.